The molecular weight excluding hydrogens is 394 g/mol. The first-order valence-electron chi connectivity index (χ1n) is 5.47. The molecule has 0 bridgehead atoms. The van der Waals surface area contributed by atoms with Crippen molar-refractivity contribution in [3.8, 4) is 0 Å². The van der Waals surface area contributed by atoms with Gasteiger partial charge in [0.15, 0.2) is 10.4 Å². The fraction of sp³-hybridized carbons (Fsp3) is 0.500. The first-order chi connectivity index (χ1) is 9.12. The molecule has 1 heterocycles. The van der Waals surface area contributed by atoms with Gasteiger partial charge in [-0.15, -0.1) is 0 Å². The molecule has 2 unspecified atom stereocenters. The lowest BCUT2D eigenvalue weighted by Crippen LogP contribution is -2.27. The van der Waals surface area contributed by atoms with Crippen LogP contribution in [-0.4, -0.2) is 36.6 Å². The minimum Gasteiger partial charge on any atom is -0.443 e. The molecule has 0 radical (unpaired) electrons. The van der Waals surface area contributed by atoms with Gasteiger partial charge < -0.3 is 9.73 Å². The van der Waals surface area contributed by atoms with E-state index < -0.39 is 25.8 Å². The van der Waals surface area contributed by atoms with Crippen LogP contribution in [0.1, 0.15) is 23.9 Å². The van der Waals surface area contributed by atoms with Crippen molar-refractivity contribution in [2.24, 2.45) is 0 Å². The third-order valence-corrected chi connectivity index (χ3v) is 6.09. The fourth-order valence-electron chi connectivity index (χ4n) is 1.27. The Balaban J connectivity index is 2.68. The highest BCUT2D eigenvalue weighted by Gasteiger charge is 2.23. The minimum atomic E-state index is -3.98. The number of carbonyl (C=O) groups excluding carboxylic acids is 1. The highest BCUT2D eigenvalue weighted by atomic mass is 79.9. The highest BCUT2D eigenvalue weighted by molar-refractivity contribution is 9.10. The molecular formula is C10H13BrClNO5S2. The summed E-state index contributed by atoms with van der Waals surface area (Å²) >= 11 is 2.88. The van der Waals surface area contributed by atoms with Crippen LogP contribution in [0.25, 0.3) is 0 Å². The Labute approximate surface area is 132 Å². The summed E-state index contributed by atoms with van der Waals surface area (Å²) in [6, 6.07) is 1.04. The topological polar surface area (TPSA) is 93.4 Å². The smallest absolute Gasteiger partial charge is 0.287 e. The first-order valence-corrected chi connectivity index (χ1v) is 10.2. The van der Waals surface area contributed by atoms with Crippen LogP contribution in [0.15, 0.2) is 20.0 Å². The van der Waals surface area contributed by atoms with Crippen LogP contribution in [-0.2, 0) is 19.9 Å². The molecule has 1 amide bonds. The molecule has 1 N–H and O–H groups in total. The van der Waals surface area contributed by atoms with E-state index in [1.807, 2.05) is 6.92 Å². The van der Waals surface area contributed by atoms with E-state index in [-0.39, 0.29) is 20.6 Å². The Morgan fingerprint density at radius 1 is 1.60 bits per heavy atom. The maximum atomic E-state index is 11.7. The lowest BCUT2D eigenvalue weighted by molar-refractivity contribution is 0.0924. The van der Waals surface area contributed by atoms with Crippen molar-refractivity contribution in [3.05, 3.63) is 16.5 Å². The maximum Gasteiger partial charge on any atom is 0.287 e. The molecule has 1 aromatic heterocycles. The van der Waals surface area contributed by atoms with Gasteiger partial charge in [-0.25, -0.2) is 8.42 Å². The van der Waals surface area contributed by atoms with Crippen LogP contribution in [0.3, 0.4) is 0 Å². The van der Waals surface area contributed by atoms with Crippen molar-refractivity contribution in [3.63, 3.8) is 0 Å². The van der Waals surface area contributed by atoms with Crippen LogP contribution in [0, 0.1) is 0 Å². The third-order valence-electron chi connectivity index (χ3n) is 2.55. The molecule has 0 spiro atoms. The van der Waals surface area contributed by atoms with E-state index in [1.54, 1.807) is 6.26 Å². The summed E-state index contributed by atoms with van der Waals surface area (Å²) in [6.45, 7) is 2.12. The molecule has 20 heavy (non-hydrogen) atoms. The van der Waals surface area contributed by atoms with E-state index in [9.17, 15) is 17.4 Å². The van der Waals surface area contributed by atoms with Crippen molar-refractivity contribution in [1.29, 1.82) is 0 Å². The molecule has 0 aromatic carbocycles. The zero-order valence-electron chi connectivity index (χ0n) is 10.7. The van der Waals surface area contributed by atoms with Gasteiger partial charge in [0.2, 0.25) is 0 Å². The molecule has 2 atom stereocenters. The predicted octanol–water partition coefficient (Wildman–Crippen LogP) is 1.86. The molecule has 0 fully saturated rings. The second-order valence-electron chi connectivity index (χ2n) is 4.04. The summed E-state index contributed by atoms with van der Waals surface area (Å²) in [6.07, 6.45) is 2.13. The average Bonchev–Trinajstić information content (AvgIpc) is 2.70. The maximum absolute atomic E-state index is 11.7. The zero-order valence-corrected chi connectivity index (χ0v) is 14.7. The molecule has 1 aromatic rings. The number of furan rings is 1. The zero-order chi connectivity index (χ0) is 15.5. The van der Waals surface area contributed by atoms with Gasteiger partial charge in [0.1, 0.15) is 4.90 Å². The van der Waals surface area contributed by atoms with E-state index in [4.69, 9.17) is 15.1 Å². The van der Waals surface area contributed by atoms with Crippen LogP contribution < -0.4 is 5.32 Å². The Morgan fingerprint density at radius 3 is 2.65 bits per heavy atom. The van der Waals surface area contributed by atoms with Crippen molar-refractivity contribution in [2.75, 3.05) is 12.8 Å². The first kappa shape index (κ1) is 17.7. The molecule has 114 valence electrons. The fourth-order valence-corrected chi connectivity index (χ4v) is 3.75. The molecule has 6 nitrogen and oxygen atoms in total. The molecule has 1 rings (SSSR count). The number of hydrogen-bond acceptors (Lipinski definition) is 5. The van der Waals surface area contributed by atoms with Gasteiger partial charge in [-0.2, -0.15) is 0 Å². The highest BCUT2D eigenvalue weighted by Crippen LogP contribution is 2.28. The normalized spacial score (nSPS) is 14.8. The van der Waals surface area contributed by atoms with Crippen LogP contribution >= 0.6 is 26.6 Å². The molecule has 0 saturated heterocycles. The van der Waals surface area contributed by atoms with Gasteiger partial charge in [-0.05, 0) is 22.4 Å². The van der Waals surface area contributed by atoms with Crippen molar-refractivity contribution >= 4 is 52.4 Å². The van der Waals surface area contributed by atoms with Gasteiger partial charge in [0.25, 0.3) is 15.0 Å². The SMILES string of the molecule is CC(CCNC(=O)c1cc(S(=O)(=O)Cl)c(Br)o1)S(C)=O. The quantitative estimate of drug-likeness (QED) is 0.728. The van der Waals surface area contributed by atoms with Gasteiger partial charge in [0.05, 0.1) is 0 Å². The molecule has 0 aliphatic carbocycles. The van der Waals surface area contributed by atoms with Crippen LogP contribution in [0.2, 0.25) is 0 Å². The van der Waals surface area contributed by atoms with Crippen LogP contribution in [0.5, 0.6) is 0 Å². The summed E-state index contributed by atoms with van der Waals surface area (Å²) in [5, 5.41) is 2.51. The Bertz CT molecular complexity index is 628. The lowest BCUT2D eigenvalue weighted by atomic mass is 10.3. The van der Waals surface area contributed by atoms with E-state index in [2.05, 4.69) is 21.2 Å². The van der Waals surface area contributed by atoms with Crippen LogP contribution in [0.4, 0.5) is 0 Å². The van der Waals surface area contributed by atoms with Crippen molar-refractivity contribution < 1.29 is 21.8 Å². The third kappa shape index (κ3) is 4.87. The molecule has 0 aliphatic rings. The van der Waals surface area contributed by atoms with Gasteiger partial charge in [-0.1, -0.05) is 6.92 Å². The Hall–Kier alpha value is -0.380. The number of halogens is 2. The molecule has 0 aliphatic heterocycles. The standard InChI is InChI=1S/C10H13BrClNO5S2/c1-6(19(2)15)3-4-13-10(14)7-5-8(9(11)18-7)20(12,16)17/h5-6H,3-4H2,1-2H3,(H,13,14). The van der Waals surface area contributed by atoms with Crippen molar-refractivity contribution in [2.45, 2.75) is 23.5 Å². The van der Waals surface area contributed by atoms with E-state index >= 15 is 0 Å². The summed E-state index contributed by atoms with van der Waals surface area (Å²) in [4.78, 5) is 11.5. The number of nitrogens with one attached hydrogen (secondary N) is 1. The second kappa shape index (κ2) is 7.06. The number of carbonyl (C=O) groups is 1. The monoisotopic (exact) mass is 405 g/mol. The Morgan fingerprint density at radius 2 is 2.20 bits per heavy atom. The van der Waals surface area contributed by atoms with Gasteiger partial charge in [0, 0.05) is 45.6 Å². The minimum absolute atomic E-state index is 0.0441. The number of amides is 1. The number of hydrogen-bond donors (Lipinski definition) is 1. The predicted molar refractivity (Wildman–Crippen MR) is 79.9 cm³/mol. The summed E-state index contributed by atoms with van der Waals surface area (Å²) in [5.41, 5.74) is 0. The average molecular weight is 407 g/mol. The molecule has 10 heteroatoms. The van der Waals surface area contributed by atoms with E-state index in [1.165, 1.54) is 0 Å². The summed E-state index contributed by atoms with van der Waals surface area (Å²) in [7, 11) is 0.239. The van der Waals surface area contributed by atoms with E-state index in [0.29, 0.717) is 13.0 Å². The van der Waals surface area contributed by atoms with Gasteiger partial charge in [-0.3, -0.25) is 9.00 Å². The van der Waals surface area contributed by atoms with E-state index in [0.717, 1.165) is 6.07 Å². The number of rotatable bonds is 6. The lowest BCUT2D eigenvalue weighted by Gasteiger charge is -2.08. The second-order valence-corrected chi connectivity index (χ2v) is 9.10. The molecule has 0 saturated carbocycles. The largest absolute Gasteiger partial charge is 0.443 e. The summed E-state index contributed by atoms with van der Waals surface area (Å²) in [5.74, 6) is -0.729. The van der Waals surface area contributed by atoms with Gasteiger partial charge >= 0.3 is 0 Å². The van der Waals surface area contributed by atoms with Crippen molar-refractivity contribution in [1.82, 2.24) is 5.32 Å². The Kier molecular flexibility index (Phi) is 6.24. The summed E-state index contributed by atoms with van der Waals surface area (Å²) < 4.78 is 38.4.